The van der Waals surface area contributed by atoms with Crippen LogP contribution in [0.25, 0.3) is 0 Å². The molecular formula is C18H17N3O4. The van der Waals surface area contributed by atoms with E-state index < -0.39 is 17.9 Å². The van der Waals surface area contributed by atoms with Crippen molar-refractivity contribution in [3.05, 3.63) is 59.7 Å². The zero-order valence-electron chi connectivity index (χ0n) is 13.6. The Morgan fingerprint density at radius 1 is 1.20 bits per heavy atom. The predicted molar refractivity (Wildman–Crippen MR) is 89.7 cm³/mol. The first-order valence-corrected chi connectivity index (χ1v) is 7.39. The lowest BCUT2D eigenvalue weighted by atomic mass is 10.1. The van der Waals surface area contributed by atoms with Gasteiger partial charge in [0.05, 0.1) is 18.7 Å². The van der Waals surface area contributed by atoms with E-state index in [0.29, 0.717) is 22.6 Å². The number of nitrogens with one attached hydrogen (secondary N) is 1. The third-order valence-electron chi connectivity index (χ3n) is 3.37. The molecule has 2 aromatic carbocycles. The highest BCUT2D eigenvalue weighted by molar-refractivity contribution is 5.88. The minimum atomic E-state index is -0.944. The summed E-state index contributed by atoms with van der Waals surface area (Å²) in [5.74, 6) is -0.539. The number of rotatable bonds is 7. The Morgan fingerprint density at radius 2 is 1.92 bits per heavy atom. The molecular weight excluding hydrogens is 322 g/mol. The Labute approximate surface area is 145 Å². The second-order valence-electron chi connectivity index (χ2n) is 5.08. The van der Waals surface area contributed by atoms with Gasteiger partial charge in [0.15, 0.2) is 18.1 Å². The Kier molecular flexibility index (Phi) is 5.96. The molecule has 25 heavy (non-hydrogen) atoms. The number of carbonyl (C=O) groups excluding carboxylic acids is 2. The zero-order valence-corrected chi connectivity index (χ0v) is 13.6. The first kappa shape index (κ1) is 17.8. The van der Waals surface area contributed by atoms with Gasteiger partial charge in [-0.2, -0.15) is 5.26 Å². The number of nitriles is 1. The van der Waals surface area contributed by atoms with Crippen LogP contribution < -0.4 is 20.5 Å². The number of methoxy groups -OCH3 is 1. The summed E-state index contributed by atoms with van der Waals surface area (Å²) in [6.45, 7) is -0.334. The van der Waals surface area contributed by atoms with Crippen molar-refractivity contribution >= 4 is 11.8 Å². The summed E-state index contributed by atoms with van der Waals surface area (Å²) < 4.78 is 10.5. The molecule has 0 aromatic heterocycles. The molecule has 0 aliphatic carbocycles. The van der Waals surface area contributed by atoms with Crippen LogP contribution in [0.5, 0.6) is 11.5 Å². The molecule has 0 saturated carbocycles. The highest BCUT2D eigenvalue weighted by atomic mass is 16.5. The van der Waals surface area contributed by atoms with Gasteiger partial charge in [-0.25, -0.2) is 0 Å². The van der Waals surface area contributed by atoms with Crippen molar-refractivity contribution < 1.29 is 19.1 Å². The fourth-order valence-corrected chi connectivity index (χ4v) is 2.17. The van der Waals surface area contributed by atoms with Gasteiger partial charge in [-0.05, 0) is 17.7 Å². The first-order chi connectivity index (χ1) is 12.0. The van der Waals surface area contributed by atoms with E-state index >= 15 is 0 Å². The maximum atomic E-state index is 12.1. The van der Waals surface area contributed by atoms with E-state index in [1.54, 1.807) is 36.4 Å². The van der Waals surface area contributed by atoms with Crippen molar-refractivity contribution in [3.63, 3.8) is 0 Å². The van der Waals surface area contributed by atoms with Crippen molar-refractivity contribution in [3.8, 4) is 17.6 Å². The highest BCUT2D eigenvalue weighted by Crippen LogP contribution is 2.27. The highest BCUT2D eigenvalue weighted by Gasteiger charge is 2.20. The molecule has 1 atom stereocenters. The van der Waals surface area contributed by atoms with Gasteiger partial charge in [0.2, 0.25) is 5.91 Å². The molecule has 0 bridgehead atoms. The number of carbonyl (C=O) groups is 2. The van der Waals surface area contributed by atoms with Crippen molar-refractivity contribution in [1.29, 1.82) is 5.26 Å². The smallest absolute Gasteiger partial charge is 0.258 e. The summed E-state index contributed by atoms with van der Waals surface area (Å²) >= 11 is 0. The Balaban J connectivity index is 2.03. The number of hydrogen-bond acceptors (Lipinski definition) is 5. The largest absolute Gasteiger partial charge is 0.493 e. The van der Waals surface area contributed by atoms with Gasteiger partial charge in [0.1, 0.15) is 6.04 Å². The fraction of sp³-hybridized carbons (Fsp3) is 0.167. The summed E-state index contributed by atoms with van der Waals surface area (Å²) in [7, 11) is 1.43. The molecule has 0 spiro atoms. The third kappa shape index (κ3) is 4.72. The van der Waals surface area contributed by atoms with Gasteiger partial charge in [0.25, 0.3) is 5.91 Å². The third-order valence-corrected chi connectivity index (χ3v) is 3.37. The quantitative estimate of drug-likeness (QED) is 0.789. The van der Waals surface area contributed by atoms with E-state index in [2.05, 4.69) is 5.32 Å². The Bertz CT molecular complexity index is 800. The minimum absolute atomic E-state index is 0.312. The molecule has 2 aromatic rings. The van der Waals surface area contributed by atoms with Crippen LogP contribution in [0.15, 0.2) is 48.5 Å². The van der Waals surface area contributed by atoms with E-state index in [1.807, 2.05) is 6.07 Å². The number of primary amides is 1. The van der Waals surface area contributed by atoms with Gasteiger partial charge in [-0.1, -0.05) is 30.3 Å². The van der Waals surface area contributed by atoms with Crippen molar-refractivity contribution in [2.24, 2.45) is 5.73 Å². The molecule has 0 aliphatic heterocycles. The molecule has 128 valence electrons. The van der Waals surface area contributed by atoms with E-state index in [-0.39, 0.29) is 6.61 Å². The number of nitrogens with two attached hydrogens (primary N) is 1. The molecule has 0 heterocycles. The van der Waals surface area contributed by atoms with Crippen LogP contribution in [0.3, 0.4) is 0 Å². The van der Waals surface area contributed by atoms with Crippen LogP contribution >= 0.6 is 0 Å². The van der Waals surface area contributed by atoms with Crippen LogP contribution in [0.2, 0.25) is 0 Å². The van der Waals surface area contributed by atoms with Crippen LogP contribution in [-0.2, 0) is 9.59 Å². The summed E-state index contributed by atoms with van der Waals surface area (Å²) in [5.41, 5.74) is 6.35. The van der Waals surface area contributed by atoms with Crippen molar-refractivity contribution in [2.75, 3.05) is 13.7 Å². The van der Waals surface area contributed by atoms with Crippen LogP contribution in [-0.4, -0.2) is 25.5 Å². The Hall–Kier alpha value is -3.53. The maximum Gasteiger partial charge on any atom is 0.258 e. The van der Waals surface area contributed by atoms with Crippen LogP contribution in [0.1, 0.15) is 17.2 Å². The molecule has 0 saturated heterocycles. The molecule has 0 unspecified atom stereocenters. The van der Waals surface area contributed by atoms with Gasteiger partial charge < -0.3 is 20.5 Å². The van der Waals surface area contributed by atoms with Crippen LogP contribution in [0, 0.1) is 11.3 Å². The number of hydrogen-bond donors (Lipinski definition) is 2. The molecule has 0 aliphatic rings. The number of ether oxygens (including phenoxy) is 2. The number of amides is 2. The monoisotopic (exact) mass is 339 g/mol. The zero-order chi connectivity index (χ0) is 18.2. The lowest BCUT2D eigenvalue weighted by Gasteiger charge is -2.16. The number of benzene rings is 2. The average molecular weight is 339 g/mol. The average Bonchev–Trinajstić information content (AvgIpc) is 2.64. The lowest BCUT2D eigenvalue weighted by Crippen LogP contribution is -2.39. The summed E-state index contributed by atoms with van der Waals surface area (Å²) in [6, 6.07) is 14.3. The van der Waals surface area contributed by atoms with Gasteiger partial charge in [0, 0.05) is 6.07 Å². The van der Waals surface area contributed by atoms with E-state index in [4.69, 9.17) is 20.5 Å². The van der Waals surface area contributed by atoms with Gasteiger partial charge in [-0.15, -0.1) is 0 Å². The minimum Gasteiger partial charge on any atom is -0.493 e. The van der Waals surface area contributed by atoms with E-state index in [9.17, 15) is 9.59 Å². The Morgan fingerprint density at radius 3 is 2.52 bits per heavy atom. The van der Waals surface area contributed by atoms with E-state index in [1.165, 1.54) is 19.2 Å². The SMILES string of the molecule is COc1cc(C#N)ccc1OCC(=O)N[C@@H](C(N)=O)c1ccccc1. The van der Waals surface area contributed by atoms with E-state index in [0.717, 1.165) is 0 Å². The second kappa shape index (κ2) is 8.36. The fourth-order valence-electron chi connectivity index (χ4n) is 2.17. The summed E-state index contributed by atoms with van der Waals surface area (Å²) in [6.07, 6.45) is 0. The summed E-state index contributed by atoms with van der Waals surface area (Å²) in [4.78, 5) is 23.7. The molecule has 0 radical (unpaired) electrons. The predicted octanol–water partition coefficient (Wildman–Crippen LogP) is 1.29. The topological polar surface area (TPSA) is 114 Å². The lowest BCUT2D eigenvalue weighted by molar-refractivity contribution is -0.128. The molecule has 2 amide bonds. The van der Waals surface area contributed by atoms with Gasteiger partial charge in [-0.3, -0.25) is 9.59 Å². The van der Waals surface area contributed by atoms with Crippen molar-refractivity contribution in [1.82, 2.24) is 5.32 Å². The molecule has 3 N–H and O–H groups in total. The molecule has 7 nitrogen and oxygen atoms in total. The number of nitrogens with zero attached hydrogens (tertiary/aromatic N) is 1. The van der Waals surface area contributed by atoms with Gasteiger partial charge >= 0.3 is 0 Å². The maximum absolute atomic E-state index is 12.1. The normalized spacial score (nSPS) is 11.0. The molecule has 0 fully saturated rings. The molecule has 7 heteroatoms. The van der Waals surface area contributed by atoms with Crippen molar-refractivity contribution in [2.45, 2.75) is 6.04 Å². The first-order valence-electron chi connectivity index (χ1n) is 7.39. The van der Waals surface area contributed by atoms with Crippen LogP contribution in [0.4, 0.5) is 0 Å². The molecule has 2 rings (SSSR count). The second-order valence-corrected chi connectivity index (χ2v) is 5.08. The standard InChI is InChI=1S/C18H17N3O4/c1-24-15-9-12(10-19)7-8-14(15)25-11-16(22)21-17(18(20)23)13-5-3-2-4-6-13/h2-9,17H,11H2,1H3,(H2,20,23)(H,21,22)/t17-/m1/s1. The summed E-state index contributed by atoms with van der Waals surface area (Å²) in [5, 5.41) is 11.4.